The van der Waals surface area contributed by atoms with E-state index in [1.165, 1.54) is 11.1 Å². The lowest BCUT2D eigenvalue weighted by Gasteiger charge is -2.42. The first kappa shape index (κ1) is 35.8. The third kappa shape index (κ3) is 9.64. The van der Waals surface area contributed by atoms with Gasteiger partial charge in [-0.1, -0.05) is 96.2 Å². The second-order valence-corrected chi connectivity index (χ2v) is 25.1. The van der Waals surface area contributed by atoms with Crippen LogP contribution >= 0.6 is 0 Å². The predicted molar refractivity (Wildman–Crippen MR) is 187 cm³/mol. The summed E-state index contributed by atoms with van der Waals surface area (Å²) in [6.45, 7) is 24.5. The first-order chi connectivity index (χ1) is 20.0. The quantitative estimate of drug-likeness (QED) is 0.122. The number of aliphatic hydroxyl groups is 1. The summed E-state index contributed by atoms with van der Waals surface area (Å²) in [6.07, 6.45) is 9.57. The van der Waals surface area contributed by atoms with Gasteiger partial charge in [-0.2, -0.15) is 0 Å². The van der Waals surface area contributed by atoms with E-state index >= 15 is 0 Å². The van der Waals surface area contributed by atoms with E-state index in [0.29, 0.717) is 13.0 Å². The van der Waals surface area contributed by atoms with Crippen molar-refractivity contribution in [2.24, 2.45) is 0 Å². The first-order valence-corrected chi connectivity index (χ1v) is 22.3. The van der Waals surface area contributed by atoms with E-state index in [2.05, 4.69) is 98.1 Å². The van der Waals surface area contributed by atoms with Crippen LogP contribution in [0, 0.1) is 0 Å². The van der Waals surface area contributed by atoms with Crippen LogP contribution in [0.15, 0.2) is 66.7 Å². The minimum atomic E-state index is -2.07. The van der Waals surface area contributed by atoms with E-state index in [0.717, 1.165) is 44.5 Å². The molecular weight excluding hydrogens is 565 g/mol. The van der Waals surface area contributed by atoms with E-state index in [1.54, 1.807) is 0 Å². The van der Waals surface area contributed by atoms with Crippen molar-refractivity contribution in [3.63, 3.8) is 0 Å². The highest BCUT2D eigenvalue weighted by Crippen LogP contribution is 2.47. The van der Waals surface area contributed by atoms with E-state index < -0.39 is 22.2 Å². The zero-order valence-corrected chi connectivity index (χ0v) is 30.8. The Labute approximate surface area is 265 Å². The monoisotopic (exact) mass is 624 g/mol. The molecule has 1 unspecified atom stereocenters. The van der Waals surface area contributed by atoms with Crippen LogP contribution in [0.1, 0.15) is 90.7 Å². The van der Waals surface area contributed by atoms with Gasteiger partial charge in [0.05, 0.1) is 18.3 Å². The molecule has 0 bridgehead atoms. The summed E-state index contributed by atoms with van der Waals surface area (Å²) < 4.78 is 19.4. The normalized spacial score (nSPS) is 21.4. The lowest BCUT2D eigenvalue weighted by atomic mass is 9.78. The number of aryl methyl sites for hydroxylation is 1. The van der Waals surface area contributed by atoms with Gasteiger partial charge >= 0.3 is 0 Å². The van der Waals surface area contributed by atoms with Crippen molar-refractivity contribution in [1.82, 2.24) is 0 Å². The molecule has 0 radical (unpaired) electrons. The van der Waals surface area contributed by atoms with Crippen molar-refractivity contribution < 1.29 is 18.7 Å². The fourth-order valence-corrected chi connectivity index (χ4v) is 7.65. The van der Waals surface area contributed by atoms with Crippen LogP contribution in [0.25, 0.3) is 0 Å². The summed E-state index contributed by atoms with van der Waals surface area (Å²) in [5.41, 5.74) is 1.59. The molecule has 1 aliphatic rings. The predicted octanol–water partition coefficient (Wildman–Crippen LogP) is 10.1. The van der Waals surface area contributed by atoms with Gasteiger partial charge in [0, 0.05) is 12.5 Å². The molecule has 3 atom stereocenters. The number of unbranched alkanes of at least 4 members (excludes halogenated alkanes) is 2. The van der Waals surface area contributed by atoms with Gasteiger partial charge in [-0.25, -0.2) is 0 Å². The van der Waals surface area contributed by atoms with Crippen LogP contribution in [0.4, 0.5) is 0 Å². The van der Waals surface area contributed by atoms with Gasteiger partial charge < -0.3 is 18.7 Å². The number of hydrogen-bond donors (Lipinski definition) is 1. The highest BCUT2D eigenvalue weighted by atomic mass is 28.4. The Kier molecular flexibility index (Phi) is 12.1. The molecule has 43 heavy (non-hydrogen) atoms. The Balaban J connectivity index is 1.74. The van der Waals surface area contributed by atoms with Crippen LogP contribution in [0.3, 0.4) is 0 Å². The van der Waals surface area contributed by atoms with Crippen LogP contribution in [0.2, 0.25) is 36.3 Å². The van der Waals surface area contributed by atoms with Gasteiger partial charge in [0.15, 0.2) is 16.6 Å². The van der Waals surface area contributed by atoms with Gasteiger partial charge in [0.1, 0.15) is 5.75 Å². The molecule has 2 aromatic rings. The molecule has 0 spiro atoms. The largest absolute Gasteiger partial charge is 0.494 e. The minimum absolute atomic E-state index is 0.0878. The number of rotatable bonds is 15. The molecule has 0 heterocycles. The van der Waals surface area contributed by atoms with E-state index in [9.17, 15) is 5.11 Å². The molecule has 3 rings (SSSR count). The maximum absolute atomic E-state index is 12.3. The maximum atomic E-state index is 12.3. The molecule has 240 valence electrons. The molecule has 2 aromatic carbocycles. The Bertz CT molecular complexity index is 1160. The van der Waals surface area contributed by atoms with Gasteiger partial charge in [0.25, 0.3) is 0 Å². The Morgan fingerprint density at radius 3 is 2.00 bits per heavy atom. The van der Waals surface area contributed by atoms with Crippen LogP contribution < -0.4 is 4.74 Å². The summed E-state index contributed by atoms with van der Waals surface area (Å²) in [4.78, 5) is 0. The molecule has 0 saturated heterocycles. The second-order valence-electron chi connectivity index (χ2n) is 15.6. The molecular formula is C37H60O4Si2. The van der Waals surface area contributed by atoms with E-state index in [-0.39, 0.29) is 22.1 Å². The zero-order valence-electron chi connectivity index (χ0n) is 28.8. The molecule has 0 fully saturated rings. The van der Waals surface area contributed by atoms with Gasteiger partial charge in [-0.3, -0.25) is 0 Å². The van der Waals surface area contributed by atoms with Crippen molar-refractivity contribution in [3.05, 3.63) is 77.9 Å². The zero-order chi connectivity index (χ0) is 31.9. The highest BCUT2D eigenvalue weighted by molar-refractivity contribution is 6.74. The Morgan fingerprint density at radius 2 is 1.35 bits per heavy atom. The van der Waals surface area contributed by atoms with Crippen LogP contribution in [0.5, 0.6) is 5.75 Å². The van der Waals surface area contributed by atoms with Crippen molar-refractivity contribution in [2.75, 3.05) is 13.2 Å². The average Bonchev–Trinajstić information content (AvgIpc) is 3.22. The van der Waals surface area contributed by atoms with Gasteiger partial charge in [-0.05, 0) is 98.0 Å². The number of benzene rings is 2. The molecule has 1 aliphatic carbocycles. The third-order valence-electron chi connectivity index (χ3n) is 10.2. The molecule has 4 nitrogen and oxygen atoms in total. The lowest BCUT2D eigenvalue weighted by Crippen LogP contribution is -2.47. The third-order valence-corrected chi connectivity index (χ3v) is 19.2. The smallest absolute Gasteiger partial charge is 0.192 e. The topological polar surface area (TPSA) is 47.9 Å². The minimum Gasteiger partial charge on any atom is -0.494 e. The summed E-state index contributed by atoms with van der Waals surface area (Å²) >= 11 is 0. The molecule has 0 aliphatic heterocycles. The second kappa shape index (κ2) is 14.6. The molecule has 6 heteroatoms. The van der Waals surface area contributed by atoms with E-state index in [4.69, 9.17) is 13.6 Å². The summed E-state index contributed by atoms with van der Waals surface area (Å²) in [7, 11) is -3.80. The fraction of sp³-hybridized carbons (Fsp3) is 0.622. The Morgan fingerprint density at radius 1 is 0.744 bits per heavy atom. The van der Waals surface area contributed by atoms with Gasteiger partial charge in [0.2, 0.25) is 0 Å². The first-order valence-electron chi connectivity index (χ1n) is 16.5. The van der Waals surface area contributed by atoms with Crippen molar-refractivity contribution in [2.45, 2.75) is 134 Å². The Hall–Kier alpha value is -1.71. The van der Waals surface area contributed by atoms with Gasteiger partial charge in [-0.15, -0.1) is 0 Å². The standard InChI is InChI=1S/C37H60O4Si2/c1-35(2,3)42(7,8)40-29-18-16-21-30-20-14-15-24-32(30)34-33(41-43(9,10)36(4,5)6)25-27-37(34,38)26-17-19-28-39-31-22-12-11-13-23-31/h11-15,20,22-25,27,33-34,38H,16-19,21,26,28-29H2,1-10H3/t33-,34+,37?/m1/s1. The summed E-state index contributed by atoms with van der Waals surface area (Å²) in [5, 5.41) is 12.6. The van der Waals surface area contributed by atoms with Crippen molar-refractivity contribution >= 4 is 16.6 Å². The van der Waals surface area contributed by atoms with Crippen LogP contribution in [-0.2, 0) is 15.3 Å². The fourth-order valence-electron chi connectivity index (χ4n) is 5.31. The lowest BCUT2D eigenvalue weighted by molar-refractivity contribution is 0.0251. The van der Waals surface area contributed by atoms with Crippen molar-refractivity contribution in [1.29, 1.82) is 0 Å². The average molecular weight is 625 g/mol. The van der Waals surface area contributed by atoms with E-state index in [1.807, 2.05) is 36.4 Å². The SMILES string of the molecule is CC(C)(C)[Si](C)(C)OCCCCc1ccccc1[C@H]1[C@H](O[Si](C)(C)C(C)(C)C)C=CC1(O)CCCCOc1ccccc1. The summed E-state index contributed by atoms with van der Waals surface area (Å²) in [6, 6.07) is 18.7. The highest BCUT2D eigenvalue weighted by Gasteiger charge is 2.49. The molecule has 0 amide bonds. The van der Waals surface area contributed by atoms with Crippen LogP contribution in [-0.4, -0.2) is 46.7 Å². The number of ether oxygens (including phenoxy) is 1. The summed E-state index contributed by atoms with van der Waals surface area (Å²) in [5.74, 6) is 0.766. The maximum Gasteiger partial charge on any atom is 0.192 e. The number of hydrogen-bond acceptors (Lipinski definition) is 4. The van der Waals surface area contributed by atoms with Crippen molar-refractivity contribution in [3.8, 4) is 5.75 Å². The molecule has 0 saturated carbocycles. The number of para-hydroxylation sites is 1. The molecule has 0 aromatic heterocycles. The molecule has 1 N–H and O–H groups in total.